The van der Waals surface area contributed by atoms with E-state index in [4.69, 9.17) is 11.6 Å². The summed E-state index contributed by atoms with van der Waals surface area (Å²) in [5.41, 5.74) is -0.0594. The van der Waals surface area contributed by atoms with E-state index in [1.165, 1.54) is 0 Å². The van der Waals surface area contributed by atoms with Crippen molar-refractivity contribution < 1.29 is 9.59 Å². The Labute approximate surface area is 157 Å². The molecule has 0 spiro atoms. The average Bonchev–Trinajstić information content (AvgIpc) is 3.15. The van der Waals surface area contributed by atoms with Crippen molar-refractivity contribution in [3.8, 4) is 0 Å². The van der Waals surface area contributed by atoms with Crippen molar-refractivity contribution in [3.63, 3.8) is 0 Å². The van der Waals surface area contributed by atoms with E-state index in [9.17, 15) is 9.59 Å². The van der Waals surface area contributed by atoms with Crippen LogP contribution in [0.15, 0.2) is 42.7 Å². The second-order valence-corrected chi connectivity index (χ2v) is 7.36. The highest BCUT2D eigenvalue weighted by molar-refractivity contribution is 6.30. The zero-order valence-corrected chi connectivity index (χ0v) is 15.2. The number of nitrogens with zero attached hydrogens (tertiary/aromatic N) is 4. The second-order valence-electron chi connectivity index (χ2n) is 6.93. The number of hydrogen-bond acceptors (Lipinski definition) is 3. The largest absolute Gasteiger partial charge is 0.340 e. The van der Waals surface area contributed by atoms with Gasteiger partial charge in [0.25, 0.3) is 11.8 Å². The number of likely N-dealkylation sites (tertiary alicyclic amines) is 2. The molecule has 0 unspecified atom stereocenters. The van der Waals surface area contributed by atoms with Gasteiger partial charge in [-0.25, -0.2) is 0 Å². The lowest BCUT2D eigenvalue weighted by molar-refractivity contribution is -0.147. The van der Waals surface area contributed by atoms with E-state index >= 15 is 0 Å². The molecule has 0 aliphatic carbocycles. The molecule has 6 nitrogen and oxygen atoms in total. The van der Waals surface area contributed by atoms with Gasteiger partial charge >= 0.3 is 0 Å². The number of benzene rings is 1. The lowest BCUT2D eigenvalue weighted by Gasteiger charge is -2.45. The molecular formula is C19H21ClN4O2. The lowest BCUT2D eigenvalue weighted by atomic mass is 9.85. The van der Waals surface area contributed by atoms with Crippen LogP contribution in [-0.4, -0.2) is 57.6 Å². The maximum absolute atomic E-state index is 13.1. The number of hydrogen-bond donors (Lipinski definition) is 0. The van der Waals surface area contributed by atoms with Crippen LogP contribution in [0.3, 0.4) is 0 Å². The summed E-state index contributed by atoms with van der Waals surface area (Å²) >= 11 is 5.90. The minimum atomic E-state index is -0.680. The molecular weight excluding hydrogens is 352 g/mol. The topological polar surface area (TPSA) is 58.4 Å². The molecule has 0 radical (unpaired) electrons. The smallest absolute Gasteiger partial charge is 0.253 e. The Morgan fingerprint density at radius 2 is 1.69 bits per heavy atom. The van der Waals surface area contributed by atoms with Crippen LogP contribution in [0.4, 0.5) is 0 Å². The third-order valence-electron chi connectivity index (χ3n) is 5.45. The Kier molecular flexibility index (Phi) is 4.44. The van der Waals surface area contributed by atoms with Gasteiger partial charge in [-0.2, -0.15) is 5.10 Å². The fourth-order valence-electron chi connectivity index (χ4n) is 3.73. The van der Waals surface area contributed by atoms with Crippen LogP contribution in [0, 0.1) is 0 Å². The second kappa shape index (κ2) is 6.76. The molecule has 2 aliphatic heterocycles. The van der Waals surface area contributed by atoms with Gasteiger partial charge in [0.05, 0.1) is 0 Å². The molecule has 2 saturated heterocycles. The van der Waals surface area contributed by atoms with Gasteiger partial charge in [0.15, 0.2) is 0 Å². The zero-order chi connectivity index (χ0) is 18.1. The van der Waals surface area contributed by atoms with Crippen LogP contribution >= 0.6 is 11.6 Å². The van der Waals surface area contributed by atoms with E-state index in [1.54, 1.807) is 35.1 Å². The van der Waals surface area contributed by atoms with Crippen LogP contribution < -0.4 is 0 Å². The Balaban J connectivity index is 1.53. The fourth-order valence-corrected chi connectivity index (χ4v) is 3.86. The third-order valence-corrected chi connectivity index (χ3v) is 5.71. The molecule has 4 rings (SSSR count). The van der Waals surface area contributed by atoms with Gasteiger partial charge in [-0.05, 0) is 49.6 Å². The van der Waals surface area contributed by atoms with Gasteiger partial charge < -0.3 is 9.80 Å². The van der Waals surface area contributed by atoms with E-state index in [0.717, 1.165) is 19.5 Å². The highest BCUT2D eigenvalue weighted by Crippen LogP contribution is 2.33. The van der Waals surface area contributed by atoms with Crippen LogP contribution in [0.2, 0.25) is 5.02 Å². The van der Waals surface area contributed by atoms with Gasteiger partial charge in [-0.15, -0.1) is 0 Å². The molecule has 26 heavy (non-hydrogen) atoms. The number of rotatable bonds is 3. The van der Waals surface area contributed by atoms with Crippen molar-refractivity contribution in [2.75, 3.05) is 26.2 Å². The normalized spacial score (nSPS) is 19.1. The molecule has 0 bridgehead atoms. The quantitative estimate of drug-likeness (QED) is 0.831. The van der Waals surface area contributed by atoms with Crippen molar-refractivity contribution in [2.45, 2.75) is 24.8 Å². The first-order chi connectivity index (χ1) is 12.6. The van der Waals surface area contributed by atoms with E-state index in [-0.39, 0.29) is 11.8 Å². The first-order valence-electron chi connectivity index (χ1n) is 8.94. The van der Waals surface area contributed by atoms with Gasteiger partial charge in [0, 0.05) is 49.2 Å². The molecule has 1 aromatic heterocycles. The molecule has 7 heteroatoms. The number of piperidine rings is 1. The fraction of sp³-hybridized carbons (Fsp3) is 0.421. The zero-order valence-electron chi connectivity index (χ0n) is 14.5. The summed E-state index contributed by atoms with van der Waals surface area (Å²) in [6, 6.07) is 8.77. The Bertz CT molecular complexity index is 791. The van der Waals surface area contributed by atoms with Crippen LogP contribution in [-0.2, 0) is 10.3 Å². The highest BCUT2D eigenvalue weighted by Gasteiger charge is 2.47. The van der Waals surface area contributed by atoms with Crippen molar-refractivity contribution >= 4 is 23.4 Å². The maximum atomic E-state index is 13.1. The molecule has 2 aromatic rings. The molecule has 0 saturated carbocycles. The number of halogens is 1. The van der Waals surface area contributed by atoms with E-state index in [0.29, 0.717) is 36.5 Å². The molecule has 1 aromatic carbocycles. The molecule has 0 N–H and O–H groups in total. The monoisotopic (exact) mass is 372 g/mol. The minimum Gasteiger partial charge on any atom is -0.340 e. The summed E-state index contributed by atoms with van der Waals surface area (Å²) in [5.74, 6) is 0.109. The van der Waals surface area contributed by atoms with Crippen molar-refractivity contribution in [1.29, 1.82) is 0 Å². The highest BCUT2D eigenvalue weighted by atomic mass is 35.5. The Morgan fingerprint density at radius 1 is 1.00 bits per heavy atom. The van der Waals surface area contributed by atoms with Crippen LogP contribution in [0.25, 0.3) is 0 Å². The standard InChI is InChI=1S/C19H21ClN4O2/c20-16-5-3-15(4-6-16)17(25)22-13-7-19(8-14-22,24-12-1-9-21-24)18(26)23-10-2-11-23/h1,3-6,9,12H,2,7-8,10-11,13-14H2. The number of carbonyl (C=O) groups is 2. The number of carbonyl (C=O) groups excluding carboxylic acids is 2. The average molecular weight is 373 g/mol. The molecule has 2 aliphatic rings. The summed E-state index contributed by atoms with van der Waals surface area (Å²) in [4.78, 5) is 29.6. The predicted octanol–water partition coefficient (Wildman–Crippen LogP) is 2.40. The summed E-state index contributed by atoms with van der Waals surface area (Å²) in [6.07, 6.45) is 5.76. The summed E-state index contributed by atoms with van der Waals surface area (Å²) in [7, 11) is 0. The Morgan fingerprint density at radius 3 is 2.23 bits per heavy atom. The van der Waals surface area contributed by atoms with Crippen molar-refractivity contribution in [3.05, 3.63) is 53.3 Å². The first kappa shape index (κ1) is 17.1. The van der Waals surface area contributed by atoms with Gasteiger partial charge in [0.2, 0.25) is 0 Å². The maximum Gasteiger partial charge on any atom is 0.253 e. The molecule has 2 amide bonds. The molecule has 136 valence electrons. The SMILES string of the molecule is O=C(c1ccc(Cl)cc1)N1CCC(C(=O)N2CCC2)(n2cccn2)CC1. The molecule has 0 atom stereocenters. The van der Waals surface area contributed by atoms with Crippen molar-refractivity contribution in [2.24, 2.45) is 0 Å². The summed E-state index contributed by atoms with van der Waals surface area (Å²) < 4.78 is 1.79. The summed E-state index contributed by atoms with van der Waals surface area (Å²) in [5, 5.41) is 4.97. The van der Waals surface area contributed by atoms with Crippen LogP contribution in [0.5, 0.6) is 0 Å². The first-order valence-corrected chi connectivity index (χ1v) is 9.32. The van der Waals surface area contributed by atoms with E-state index < -0.39 is 5.54 Å². The molecule has 2 fully saturated rings. The third kappa shape index (κ3) is 2.88. The Hall–Kier alpha value is -2.34. The minimum absolute atomic E-state index is 0.0212. The van der Waals surface area contributed by atoms with Crippen LogP contribution in [0.1, 0.15) is 29.6 Å². The van der Waals surface area contributed by atoms with Gasteiger partial charge in [-0.1, -0.05) is 11.6 Å². The molecule has 3 heterocycles. The van der Waals surface area contributed by atoms with E-state index in [2.05, 4.69) is 5.10 Å². The predicted molar refractivity (Wildman–Crippen MR) is 98.0 cm³/mol. The number of amides is 2. The summed E-state index contributed by atoms with van der Waals surface area (Å²) in [6.45, 7) is 2.69. The van der Waals surface area contributed by atoms with Gasteiger partial charge in [0.1, 0.15) is 5.54 Å². The van der Waals surface area contributed by atoms with Crippen molar-refractivity contribution in [1.82, 2.24) is 19.6 Å². The number of aromatic nitrogens is 2. The van der Waals surface area contributed by atoms with E-state index in [1.807, 2.05) is 22.1 Å². The van der Waals surface area contributed by atoms with Gasteiger partial charge in [-0.3, -0.25) is 14.3 Å². The lowest BCUT2D eigenvalue weighted by Crippen LogP contribution is -2.59.